The van der Waals surface area contributed by atoms with E-state index in [2.05, 4.69) is 37.3 Å². The summed E-state index contributed by atoms with van der Waals surface area (Å²) in [7, 11) is 0. The Hall–Kier alpha value is -3.55. The average Bonchev–Trinajstić information content (AvgIpc) is 3.43. The SMILES string of the molecule is Cc1nc(C2CCCN(C(=O)c3cnc4c(c3)ncn4CCc3ccccc3)C2)n[nH]1. The lowest BCUT2D eigenvalue weighted by Gasteiger charge is -2.31. The molecule has 1 atom stereocenters. The van der Waals surface area contributed by atoms with Crippen LogP contribution in [0.25, 0.3) is 11.2 Å². The van der Waals surface area contributed by atoms with Crippen LogP contribution < -0.4 is 0 Å². The van der Waals surface area contributed by atoms with Gasteiger partial charge in [-0.1, -0.05) is 30.3 Å². The van der Waals surface area contributed by atoms with Gasteiger partial charge in [0.15, 0.2) is 11.5 Å². The number of amides is 1. The van der Waals surface area contributed by atoms with Crippen molar-refractivity contribution >= 4 is 17.1 Å². The number of aryl methyl sites for hydroxylation is 3. The van der Waals surface area contributed by atoms with Crippen molar-refractivity contribution in [1.29, 1.82) is 0 Å². The molecule has 4 aromatic rings. The first-order valence-electron chi connectivity index (χ1n) is 10.7. The van der Waals surface area contributed by atoms with E-state index < -0.39 is 0 Å². The third-order valence-corrected chi connectivity index (χ3v) is 5.87. The maximum Gasteiger partial charge on any atom is 0.255 e. The van der Waals surface area contributed by atoms with E-state index in [9.17, 15) is 4.79 Å². The molecule has 8 nitrogen and oxygen atoms in total. The second kappa shape index (κ2) is 8.29. The zero-order valence-corrected chi connectivity index (χ0v) is 17.5. The number of benzene rings is 1. The molecule has 0 aliphatic carbocycles. The molecule has 1 fully saturated rings. The standard InChI is InChI=1S/C23H25N7O/c1-16-26-21(28-27-16)18-8-5-10-29(14-18)23(31)19-12-20-22(24-13-19)30(15-25-20)11-9-17-6-3-2-4-7-17/h2-4,6-7,12-13,15,18H,5,8-11,14H2,1H3,(H,26,27,28). The summed E-state index contributed by atoms with van der Waals surface area (Å²) >= 11 is 0. The maximum atomic E-state index is 13.1. The molecule has 0 radical (unpaired) electrons. The number of carbonyl (C=O) groups excluding carboxylic acids is 1. The first-order chi connectivity index (χ1) is 15.2. The molecular formula is C23H25N7O. The van der Waals surface area contributed by atoms with Gasteiger partial charge in [-0.05, 0) is 37.8 Å². The van der Waals surface area contributed by atoms with Crippen LogP contribution in [0.1, 0.15) is 46.3 Å². The molecule has 1 N–H and O–H groups in total. The Morgan fingerprint density at radius 1 is 1.23 bits per heavy atom. The molecule has 1 saturated heterocycles. The predicted octanol–water partition coefficient (Wildman–Crippen LogP) is 3.12. The van der Waals surface area contributed by atoms with Crippen molar-refractivity contribution < 1.29 is 4.79 Å². The quantitative estimate of drug-likeness (QED) is 0.541. The highest BCUT2D eigenvalue weighted by Gasteiger charge is 2.28. The number of carbonyl (C=O) groups is 1. The highest BCUT2D eigenvalue weighted by molar-refractivity contribution is 5.96. The van der Waals surface area contributed by atoms with Gasteiger partial charge in [0, 0.05) is 31.7 Å². The third kappa shape index (κ3) is 4.05. The van der Waals surface area contributed by atoms with Gasteiger partial charge in [-0.2, -0.15) is 5.10 Å². The lowest BCUT2D eigenvalue weighted by Crippen LogP contribution is -2.39. The number of aromatic amines is 1. The minimum atomic E-state index is -0.00908. The number of piperidine rings is 1. The second-order valence-corrected chi connectivity index (χ2v) is 8.11. The number of likely N-dealkylation sites (tertiary alicyclic amines) is 1. The lowest BCUT2D eigenvalue weighted by molar-refractivity contribution is 0.0704. The number of nitrogens with zero attached hydrogens (tertiary/aromatic N) is 6. The van der Waals surface area contributed by atoms with E-state index in [-0.39, 0.29) is 11.8 Å². The Kier molecular flexibility index (Phi) is 5.19. The number of fused-ring (bicyclic) bond motifs is 1. The molecule has 0 saturated carbocycles. The van der Waals surface area contributed by atoms with Gasteiger partial charge in [0.05, 0.1) is 11.9 Å². The molecular weight excluding hydrogens is 390 g/mol. The van der Waals surface area contributed by atoms with Gasteiger partial charge < -0.3 is 9.47 Å². The van der Waals surface area contributed by atoms with Crippen molar-refractivity contribution in [2.45, 2.75) is 38.6 Å². The molecule has 3 aromatic heterocycles. The summed E-state index contributed by atoms with van der Waals surface area (Å²) in [6.45, 7) is 4.05. The zero-order chi connectivity index (χ0) is 21.2. The summed E-state index contributed by atoms with van der Waals surface area (Å²) in [5.74, 6) is 1.75. The van der Waals surface area contributed by atoms with Crippen LogP contribution in [0.4, 0.5) is 0 Å². The Morgan fingerprint density at radius 3 is 2.90 bits per heavy atom. The summed E-state index contributed by atoms with van der Waals surface area (Å²) in [5.41, 5.74) is 3.40. The van der Waals surface area contributed by atoms with Gasteiger partial charge in [-0.3, -0.25) is 9.89 Å². The van der Waals surface area contributed by atoms with E-state index in [4.69, 9.17) is 0 Å². The van der Waals surface area contributed by atoms with E-state index in [1.54, 1.807) is 12.5 Å². The number of imidazole rings is 1. The van der Waals surface area contributed by atoms with Crippen LogP contribution in [0, 0.1) is 6.92 Å². The van der Waals surface area contributed by atoms with E-state index in [0.717, 1.165) is 55.2 Å². The summed E-state index contributed by atoms with van der Waals surface area (Å²) in [4.78, 5) is 28.5. The van der Waals surface area contributed by atoms with Crippen LogP contribution in [0.5, 0.6) is 0 Å². The number of rotatable bonds is 5. The molecule has 4 heterocycles. The predicted molar refractivity (Wildman–Crippen MR) is 117 cm³/mol. The largest absolute Gasteiger partial charge is 0.338 e. The fourth-order valence-electron chi connectivity index (χ4n) is 4.22. The first kappa shape index (κ1) is 19.4. The lowest BCUT2D eigenvalue weighted by atomic mass is 9.97. The van der Waals surface area contributed by atoms with Crippen molar-refractivity contribution in [3.8, 4) is 0 Å². The van der Waals surface area contributed by atoms with E-state index >= 15 is 0 Å². The topological polar surface area (TPSA) is 92.6 Å². The summed E-state index contributed by atoms with van der Waals surface area (Å²) in [5, 5.41) is 7.19. The number of nitrogens with one attached hydrogen (secondary N) is 1. The van der Waals surface area contributed by atoms with Gasteiger partial charge in [-0.15, -0.1) is 0 Å². The minimum absolute atomic E-state index is 0.00908. The smallest absolute Gasteiger partial charge is 0.255 e. The zero-order valence-electron chi connectivity index (χ0n) is 17.5. The number of H-pyrrole nitrogens is 1. The van der Waals surface area contributed by atoms with Crippen LogP contribution in [0.3, 0.4) is 0 Å². The minimum Gasteiger partial charge on any atom is -0.338 e. The van der Waals surface area contributed by atoms with Crippen LogP contribution in [0.15, 0.2) is 48.9 Å². The van der Waals surface area contributed by atoms with Crippen molar-refractivity contribution in [1.82, 2.24) is 34.6 Å². The molecule has 1 unspecified atom stereocenters. The molecule has 1 aliphatic rings. The number of hydrogen-bond donors (Lipinski definition) is 1. The van der Waals surface area contributed by atoms with Crippen molar-refractivity contribution in [2.24, 2.45) is 0 Å². The maximum absolute atomic E-state index is 13.1. The van der Waals surface area contributed by atoms with E-state index in [1.165, 1.54) is 5.56 Å². The third-order valence-electron chi connectivity index (χ3n) is 5.87. The van der Waals surface area contributed by atoms with E-state index in [1.807, 2.05) is 40.7 Å². The molecule has 1 aliphatic heterocycles. The number of pyridine rings is 1. The Morgan fingerprint density at radius 2 is 2.10 bits per heavy atom. The second-order valence-electron chi connectivity index (χ2n) is 8.11. The van der Waals surface area contributed by atoms with Crippen LogP contribution in [-0.4, -0.2) is 53.6 Å². The highest BCUT2D eigenvalue weighted by Crippen LogP contribution is 2.26. The number of hydrogen-bond acceptors (Lipinski definition) is 5. The average molecular weight is 416 g/mol. The van der Waals surface area contributed by atoms with Gasteiger partial charge in [0.2, 0.25) is 0 Å². The summed E-state index contributed by atoms with van der Waals surface area (Å²) in [6.07, 6.45) is 6.31. The van der Waals surface area contributed by atoms with Gasteiger partial charge in [-0.25, -0.2) is 15.0 Å². The van der Waals surface area contributed by atoms with Gasteiger partial charge >= 0.3 is 0 Å². The van der Waals surface area contributed by atoms with Crippen molar-refractivity contribution in [3.63, 3.8) is 0 Å². The summed E-state index contributed by atoms with van der Waals surface area (Å²) < 4.78 is 2.04. The van der Waals surface area contributed by atoms with Gasteiger partial charge in [0.25, 0.3) is 5.91 Å². The molecule has 0 bridgehead atoms. The van der Waals surface area contributed by atoms with Crippen molar-refractivity contribution in [2.75, 3.05) is 13.1 Å². The molecule has 8 heteroatoms. The fraction of sp³-hybridized carbons (Fsp3) is 0.348. The monoisotopic (exact) mass is 415 g/mol. The molecule has 1 aromatic carbocycles. The Labute approximate surface area is 180 Å². The van der Waals surface area contributed by atoms with Crippen LogP contribution >= 0.6 is 0 Å². The first-order valence-corrected chi connectivity index (χ1v) is 10.7. The molecule has 0 spiro atoms. The normalized spacial score (nSPS) is 16.7. The molecule has 5 rings (SSSR count). The van der Waals surface area contributed by atoms with Crippen molar-refractivity contribution in [3.05, 3.63) is 71.7 Å². The molecule has 1 amide bonds. The van der Waals surface area contributed by atoms with Gasteiger partial charge in [0.1, 0.15) is 11.3 Å². The van der Waals surface area contributed by atoms with Crippen LogP contribution in [0.2, 0.25) is 0 Å². The molecule has 158 valence electrons. The number of aromatic nitrogens is 6. The van der Waals surface area contributed by atoms with Crippen LogP contribution in [-0.2, 0) is 13.0 Å². The highest BCUT2D eigenvalue weighted by atomic mass is 16.2. The van der Waals surface area contributed by atoms with E-state index in [0.29, 0.717) is 12.1 Å². The fourth-order valence-corrected chi connectivity index (χ4v) is 4.22. The summed E-state index contributed by atoms with van der Waals surface area (Å²) in [6, 6.07) is 12.2. The molecule has 31 heavy (non-hydrogen) atoms. The Bertz CT molecular complexity index is 1200. The Balaban J connectivity index is 1.30.